The number of likely N-dealkylation sites (tertiary alicyclic amines) is 2. The Kier molecular flexibility index (Phi) is 23.8. The van der Waals surface area contributed by atoms with Crippen LogP contribution in [0.25, 0.3) is 0 Å². The van der Waals surface area contributed by atoms with Gasteiger partial charge in [0, 0.05) is 56.3 Å². The van der Waals surface area contributed by atoms with E-state index in [-0.39, 0.29) is 57.6 Å². The summed E-state index contributed by atoms with van der Waals surface area (Å²) in [4.78, 5) is 131. The Morgan fingerprint density at radius 1 is 0.694 bits per heavy atom. The van der Waals surface area contributed by atoms with Crippen LogP contribution in [0.5, 0.6) is 0 Å². The predicted octanol–water partition coefficient (Wildman–Crippen LogP) is -2.91. The summed E-state index contributed by atoms with van der Waals surface area (Å²) in [5.41, 5.74) is 29.5. The molecule has 2 aromatic heterocycles. The molecular formula is C46H77N17O9. The topological polar surface area (TPSA) is 423 Å². The summed E-state index contributed by atoms with van der Waals surface area (Å²) in [5, 5.41) is 23.7. The molecule has 400 valence electrons. The molecule has 2 fully saturated rings. The highest BCUT2D eigenvalue weighted by Gasteiger charge is 2.42. The Labute approximate surface area is 419 Å². The van der Waals surface area contributed by atoms with Crippen LogP contribution in [0.1, 0.15) is 109 Å². The number of carboxylic acids is 1. The van der Waals surface area contributed by atoms with E-state index in [1.54, 1.807) is 6.92 Å². The summed E-state index contributed by atoms with van der Waals surface area (Å²) in [7, 11) is 0. The molecule has 4 heterocycles. The molecule has 26 nitrogen and oxygen atoms in total. The SMILES string of the molecule is CC[C@H](C)[C@H](NC(=O)[C@@H]1CCCN1C(=O)[C@H](Cc1cnc[nH]1)NC(=O)[C@H](CCCCN)NC(=O)[C@@H]1CCCN1C(=O)[C@@H](N)CCCN=C(N)N)C(=O)N[C@@H](CCCCN)C(=O)N[C@@H](Cc1cnc[nH]1)C(=O)O. The number of nitrogens with two attached hydrogens (primary N) is 5. The number of aliphatic imine (C=N–C) groups is 1. The summed E-state index contributed by atoms with van der Waals surface area (Å²) in [6.45, 7) is 4.97. The number of carboxylic acid groups (broad SMARTS) is 1. The molecule has 0 spiro atoms. The molecular weight excluding hydrogens is 935 g/mol. The van der Waals surface area contributed by atoms with Crippen LogP contribution in [-0.4, -0.2) is 169 Å². The Hall–Kier alpha value is -6.67. The molecule has 2 aliphatic heterocycles. The molecule has 0 aliphatic carbocycles. The van der Waals surface area contributed by atoms with E-state index in [9.17, 15) is 43.5 Å². The highest BCUT2D eigenvalue weighted by atomic mass is 16.4. The summed E-state index contributed by atoms with van der Waals surface area (Å²) in [6, 6.07) is -8.89. The zero-order valence-electron chi connectivity index (χ0n) is 41.5. The van der Waals surface area contributed by atoms with Crippen molar-refractivity contribution >= 4 is 53.3 Å². The molecule has 0 unspecified atom stereocenters. The summed E-state index contributed by atoms with van der Waals surface area (Å²) < 4.78 is 0. The van der Waals surface area contributed by atoms with Gasteiger partial charge in [-0.2, -0.15) is 0 Å². The van der Waals surface area contributed by atoms with Gasteiger partial charge in [0.2, 0.25) is 41.4 Å². The van der Waals surface area contributed by atoms with Crippen molar-refractivity contribution in [2.24, 2.45) is 39.6 Å². The lowest BCUT2D eigenvalue weighted by atomic mass is 9.96. The number of amides is 7. The molecule has 7 amide bonds. The molecule has 9 atom stereocenters. The number of aliphatic carboxylic acids is 1. The molecule has 0 radical (unpaired) electrons. The van der Waals surface area contributed by atoms with Crippen molar-refractivity contribution < 1.29 is 43.5 Å². The van der Waals surface area contributed by atoms with E-state index in [4.69, 9.17) is 28.7 Å². The van der Waals surface area contributed by atoms with Gasteiger partial charge in [0.1, 0.15) is 42.3 Å². The van der Waals surface area contributed by atoms with Gasteiger partial charge in [0.15, 0.2) is 5.96 Å². The Bertz CT molecular complexity index is 2100. The lowest BCUT2D eigenvalue weighted by Crippen LogP contribution is -2.61. The molecule has 0 bridgehead atoms. The highest BCUT2D eigenvalue weighted by Crippen LogP contribution is 2.23. The first-order valence-corrected chi connectivity index (χ1v) is 25.0. The number of hydrogen-bond acceptors (Lipinski definition) is 14. The normalized spacial score (nSPS) is 18.4. The quantitative estimate of drug-likeness (QED) is 0.0205. The minimum Gasteiger partial charge on any atom is -0.480 e. The van der Waals surface area contributed by atoms with Gasteiger partial charge < -0.3 is 80.1 Å². The van der Waals surface area contributed by atoms with Gasteiger partial charge in [-0.05, 0) is 96.1 Å². The molecule has 2 saturated heterocycles. The fourth-order valence-electron chi connectivity index (χ4n) is 8.84. The number of nitrogens with zero attached hydrogens (tertiary/aromatic N) is 5. The number of aromatic nitrogens is 4. The zero-order valence-corrected chi connectivity index (χ0v) is 41.5. The fourth-order valence-corrected chi connectivity index (χ4v) is 8.84. The molecule has 26 heteroatoms. The molecule has 72 heavy (non-hydrogen) atoms. The van der Waals surface area contributed by atoms with E-state index in [1.807, 2.05) is 6.92 Å². The van der Waals surface area contributed by atoms with Crippen LogP contribution in [-0.2, 0) is 51.2 Å². The Balaban J connectivity index is 1.50. The van der Waals surface area contributed by atoms with Crippen LogP contribution in [0.4, 0.5) is 0 Å². The molecule has 2 aromatic rings. The number of carbonyl (C=O) groups is 8. The average Bonchev–Trinajstić information content (AvgIpc) is 4.22. The minimum atomic E-state index is -1.34. The van der Waals surface area contributed by atoms with Crippen molar-refractivity contribution in [2.75, 3.05) is 32.7 Å². The largest absolute Gasteiger partial charge is 0.480 e. The number of unbranched alkanes of at least 4 members (excludes halogenated alkanes) is 2. The van der Waals surface area contributed by atoms with Gasteiger partial charge in [-0.3, -0.25) is 38.6 Å². The van der Waals surface area contributed by atoms with Crippen molar-refractivity contribution in [2.45, 2.75) is 158 Å². The minimum absolute atomic E-state index is 0.0546. The van der Waals surface area contributed by atoms with Crippen molar-refractivity contribution in [1.82, 2.24) is 56.3 Å². The predicted molar refractivity (Wildman–Crippen MR) is 264 cm³/mol. The first-order valence-electron chi connectivity index (χ1n) is 25.0. The maximum atomic E-state index is 14.7. The van der Waals surface area contributed by atoms with E-state index in [1.165, 1.54) is 34.8 Å². The summed E-state index contributed by atoms with van der Waals surface area (Å²) in [6.07, 6.45) is 10.6. The second-order valence-electron chi connectivity index (χ2n) is 18.5. The fraction of sp³-hybridized carbons (Fsp3) is 0.674. The van der Waals surface area contributed by atoms with Crippen LogP contribution >= 0.6 is 0 Å². The van der Waals surface area contributed by atoms with Crippen molar-refractivity contribution in [3.8, 4) is 0 Å². The van der Waals surface area contributed by atoms with Crippen LogP contribution in [0.2, 0.25) is 0 Å². The number of carbonyl (C=O) groups excluding carboxylic acids is 7. The number of rotatable bonds is 31. The molecule has 18 N–H and O–H groups in total. The van der Waals surface area contributed by atoms with E-state index in [2.05, 4.69) is 51.5 Å². The number of guanidine groups is 1. The molecule has 2 aliphatic rings. The van der Waals surface area contributed by atoms with Crippen molar-refractivity contribution in [1.29, 1.82) is 0 Å². The second kappa shape index (κ2) is 29.6. The van der Waals surface area contributed by atoms with Crippen LogP contribution in [0.3, 0.4) is 0 Å². The van der Waals surface area contributed by atoms with Gasteiger partial charge in [0.25, 0.3) is 0 Å². The standard InChI is InChI=1S/C46H77N17O9/c1-3-27(2)37(42(68)58-32(13-5-7-17-48)39(65)60-34(45(71)72)22-29-24-53-26-56-29)61-41(67)36-15-10-20-63(36)44(70)33(21-28-23-52-25-55-28)59-38(64)31(12-4-6-16-47)57-40(66)35-14-9-19-62(35)43(69)30(49)11-8-18-54-46(50)51/h23-27,30-37H,3-22,47-49H2,1-2H3,(H,52,55)(H,53,56)(H,57,66)(H,58,68)(H,59,64)(H,60,65)(H,61,67)(H,71,72)(H4,50,51,54)/t27-,30-,31-,32-,33-,34-,35-,36-,37-/m0/s1. The highest BCUT2D eigenvalue weighted by molar-refractivity contribution is 5.98. The van der Waals surface area contributed by atoms with E-state index in [0.29, 0.717) is 88.8 Å². The number of nitrogens with one attached hydrogen (secondary N) is 7. The third-order valence-electron chi connectivity index (χ3n) is 13.1. The van der Waals surface area contributed by atoms with E-state index >= 15 is 0 Å². The lowest BCUT2D eigenvalue weighted by Gasteiger charge is -2.32. The van der Waals surface area contributed by atoms with Gasteiger partial charge in [-0.25, -0.2) is 14.8 Å². The Morgan fingerprint density at radius 3 is 1.69 bits per heavy atom. The number of aromatic amines is 2. The van der Waals surface area contributed by atoms with Crippen LogP contribution < -0.4 is 55.3 Å². The number of imidazole rings is 2. The van der Waals surface area contributed by atoms with Crippen LogP contribution in [0, 0.1) is 5.92 Å². The first kappa shape index (κ1) is 57.9. The number of H-pyrrole nitrogens is 2. The third-order valence-corrected chi connectivity index (χ3v) is 13.1. The Morgan fingerprint density at radius 2 is 1.19 bits per heavy atom. The van der Waals surface area contributed by atoms with E-state index in [0.717, 1.165) is 0 Å². The lowest BCUT2D eigenvalue weighted by molar-refractivity contribution is -0.143. The van der Waals surface area contributed by atoms with Crippen molar-refractivity contribution in [3.63, 3.8) is 0 Å². The molecule has 0 aromatic carbocycles. The van der Waals surface area contributed by atoms with Gasteiger partial charge in [0.05, 0.1) is 18.7 Å². The van der Waals surface area contributed by atoms with E-state index < -0.39 is 102 Å². The molecule has 4 rings (SSSR count). The second-order valence-corrected chi connectivity index (χ2v) is 18.5. The van der Waals surface area contributed by atoms with Crippen molar-refractivity contribution in [3.05, 3.63) is 36.4 Å². The van der Waals surface area contributed by atoms with Crippen LogP contribution in [0.15, 0.2) is 30.0 Å². The number of hydrogen-bond donors (Lipinski definition) is 13. The monoisotopic (exact) mass is 1010 g/mol. The summed E-state index contributed by atoms with van der Waals surface area (Å²) in [5.74, 6) is -6.07. The average molecular weight is 1010 g/mol. The molecule has 0 saturated carbocycles. The third kappa shape index (κ3) is 17.6. The summed E-state index contributed by atoms with van der Waals surface area (Å²) >= 11 is 0. The van der Waals surface area contributed by atoms with Gasteiger partial charge in [-0.1, -0.05) is 20.3 Å². The van der Waals surface area contributed by atoms with Gasteiger partial charge >= 0.3 is 5.97 Å². The maximum Gasteiger partial charge on any atom is 0.326 e. The maximum absolute atomic E-state index is 14.7. The van der Waals surface area contributed by atoms with Gasteiger partial charge in [-0.15, -0.1) is 0 Å². The smallest absolute Gasteiger partial charge is 0.326 e. The zero-order chi connectivity index (χ0) is 52.7. The first-order chi connectivity index (χ1) is 34.5.